The number of fused-ring (bicyclic) bond motifs is 1. The summed E-state index contributed by atoms with van der Waals surface area (Å²) in [4.78, 5) is 12.0. The van der Waals surface area contributed by atoms with Crippen molar-refractivity contribution in [3.05, 3.63) is 54.1 Å². The van der Waals surface area contributed by atoms with Crippen molar-refractivity contribution in [2.45, 2.75) is 6.10 Å². The molecule has 21 heavy (non-hydrogen) atoms. The number of nitrogens with one attached hydrogen (secondary N) is 1. The van der Waals surface area contributed by atoms with Gasteiger partial charge in [0.1, 0.15) is 12.7 Å². The summed E-state index contributed by atoms with van der Waals surface area (Å²) in [6.45, 7) is 0.802. The van der Waals surface area contributed by atoms with Gasteiger partial charge >= 0.3 is 0 Å². The average molecular weight is 284 g/mol. The van der Waals surface area contributed by atoms with Crippen LogP contribution < -0.4 is 20.5 Å². The Bertz CT molecular complexity index is 640. The second-order valence-corrected chi connectivity index (χ2v) is 4.83. The van der Waals surface area contributed by atoms with Gasteiger partial charge in [0, 0.05) is 11.3 Å². The SMILES string of the molecule is Nc1ccc(C(=O)NCC2COc3ccccc3O2)cc1. The number of hydrogen-bond donors (Lipinski definition) is 2. The van der Waals surface area contributed by atoms with Gasteiger partial charge in [0.25, 0.3) is 5.91 Å². The van der Waals surface area contributed by atoms with Crippen LogP contribution in [0.5, 0.6) is 11.5 Å². The molecule has 0 aromatic heterocycles. The summed E-state index contributed by atoms with van der Waals surface area (Å²) in [7, 11) is 0. The lowest BCUT2D eigenvalue weighted by Gasteiger charge is -2.26. The molecular weight excluding hydrogens is 268 g/mol. The predicted octanol–water partition coefficient (Wildman–Crippen LogP) is 1.84. The van der Waals surface area contributed by atoms with Gasteiger partial charge < -0.3 is 20.5 Å². The number of carbonyl (C=O) groups excluding carboxylic acids is 1. The highest BCUT2D eigenvalue weighted by Crippen LogP contribution is 2.30. The molecule has 0 fully saturated rings. The Kier molecular flexibility index (Phi) is 3.64. The third kappa shape index (κ3) is 3.08. The van der Waals surface area contributed by atoms with Gasteiger partial charge in [0.05, 0.1) is 6.54 Å². The van der Waals surface area contributed by atoms with Crippen molar-refractivity contribution in [3.63, 3.8) is 0 Å². The molecule has 1 amide bonds. The van der Waals surface area contributed by atoms with E-state index in [0.717, 1.165) is 5.75 Å². The van der Waals surface area contributed by atoms with Gasteiger partial charge in [-0.1, -0.05) is 12.1 Å². The topological polar surface area (TPSA) is 73.6 Å². The molecule has 1 unspecified atom stereocenters. The molecular formula is C16H16N2O3. The molecule has 1 aliphatic rings. The molecule has 0 saturated carbocycles. The molecule has 2 aromatic carbocycles. The van der Waals surface area contributed by atoms with Crippen LogP contribution in [0.1, 0.15) is 10.4 Å². The molecule has 1 atom stereocenters. The number of carbonyl (C=O) groups is 1. The summed E-state index contributed by atoms with van der Waals surface area (Å²) in [5.74, 6) is 1.28. The first kappa shape index (κ1) is 13.3. The number of amides is 1. The van der Waals surface area contributed by atoms with Crippen LogP contribution in [0.15, 0.2) is 48.5 Å². The van der Waals surface area contributed by atoms with Gasteiger partial charge in [-0.2, -0.15) is 0 Å². The van der Waals surface area contributed by atoms with E-state index < -0.39 is 0 Å². The number of hydrogen-bond acceptors (Lipinski definition) is 4. The van der Waals surface area contributed by atoms with E-state index >= 15 is 0 Å². The number of nitrogen functional groups attached to an aromatic ring is 1. The minimum absolute atomic E-state index is 0.155. The monoisotopic (exact) mass is 284 g/mol. The van der Waals surface area contributed by atoms with Gasteiger partial charge in [0.2, 0.25) is 0 Å². The van der Waals surface area contributed by atoms with E-state index in [9.17, 15) is 4.79 Å². The normalized spacial score (nSPS) is 16.3. The summed E-state index contributed by atoms with van der Waals surface area (Å²) in [5.41, 5.74) is 6.80. The molecule has 1 heterocycles. The Hall–Kier alpha value is -2.69. The summed E-state index contributed by atoms with van der Waals surface area (Å²) < 4.78 is 11.4. The summed E-state index contributed by atoms with van der Waals surface area (Å²) >= 11 is 0. The van der Waals surface area contributed by atoms with Crippen molar-refractivity contribution in [2.75, 3.05) is 18.9 Å². The van der Waals surface area contributed by atoms with Crippen LogP contribution in [0.4, 0.5) is 5.69 Å². The van der Waals surface area contributed by atoms with E-state index in [4.69, 9.17) is 15.2 Å². The Labute approximate surface area is 122 Å². The number of nitrogens with two attached hydrogens (primary N) is 1. The van der Waals surface area contributed by atoms with E-state index in [1.165, 1.54) is 0 Å². The first-order chi connectivity index (χ1) is 10.2. The van der Waals surface area contributed by atoms with Crippen molar-refractivity contribution >= 4 is 11.6 Å². The summed E-state index contributed by atoms with van der Waals surface area (Å²) in [6.07, 6.45) is -0.197. The standard InChI is InChI=1S/C16H16N2O3/c17-12-7-5-11(6-8-12)16(19)18-9-13-10-20-14-3-1-2-4-15(14)21-13/h1-8,13H,9-10,17H2,(H,18,19). The lowest BCUT2D eigenvalue weighted by Crippen LogP contribution is -2.40. The third-order valence-corrected chi connectivity index (χ3v) is 3.23. The van der Waals surface area contributed by atoms with Crippen LogP contribution >= 0.6 is 0 Å². The molecule has 1 aliphatic heterocycles. The molecule has 5 nitrogen and oxygen atoms in total. The number of para-hydroxylation sites is 2. The number of anilines is 1. The minimum atomic E-state index is -0.197. The van der Waals surface area contributed by atoms with Crippen LogP contribution in [0, 0.1) is 0 Å². The molecule has 0 saturated heterocycles. The maximum atomic E-state index is 12.0. The van der Waals surface area contributed by atoms with E-state index in [1.807, 2.05) is 24.3 Å². The fourth-order valence-corrected chi connectivity index (χ4v) is 2.11. The fourth-order valence-electron chi connectivity index (χ4n) is 2.11. The Morgan fingerprint density at radius 1 is 1.14 bits per heavy atom. The first-order valence-electron chi connectivity index (χ1n) is 6.74. The van der Waals surface area contributed by atoms with E-state index in [-0.39, 0.29) is 12.0 Å². The predicted molar refractivity (Wildman–Crippen MR) is 79.5 cm³/mol. The van der Waals surface area contributed by atoms with Crippen LogP contribution in [-0.4, -0.2) is 25.2 Å². The third-order valence-electron chi connectivity index (χ3n) is 3.23. The molecule has 2 aromatic rings. The number of benzene rings is 2. The first-order valence-corrected chi connectivity index (χ1v) is 6.74. The fraction of sp³-hybridized carbons (Fsp3) is 0.188. The lowest BCUT2D eigenvalue weighted by atomic mass is 10.2. The van der Waals surface area contributed by atoms with Gasteiger partial charge in [-0.25, -0.2) is 0 Å². The number of ether oxygens (including phenoxy) is 2. The molecule has 0 bridgehead atoms. The van der Waals surface area contributed by atoms with Gasteiger partial charge in [-0.05, 0) is 36.4 Å². The van der Waals surface area contributed by atoms with E-state index in [2.05, 4.69) is 5.32 Å². The largest absolute Gasteiger partial charge is 0.486 e. The van der Waals surface area contributed by atoms with Crippen LogP contribution in [-0.2, 0) is 0 Å². The van der Waals surface area contributed by atoms with Crippen LogP contribution in [0.2, 0.25) is 0 Å². The molecule has 108 valence electrons. The molecule has 3 N–H and O–H groups in total. The second kappa shape index (κ2) is 5.75. The zero-order valence-corrected chi connectivity index (χ0v) is 11.4. The van der Waals surface area contributed by atoms with Gasteiger partial charge in [-0.15, -0.1) is 0 Å². The van der Waals surface area contributed by atoms with Gasteiger partial charge in [0.15, 0.2) is 11.5 Å². The number of rotatable bonds is 3. The zero-order valence-electron chi connectivity index (χ0n) is 11.4. The zero-order chi connectivity index (χ0) is 14.7. The molecule has 0 aliphatic carbocycles. The maximum Gasteiger partial charge on any atom is 0.251 e. The highest BCUT2D eigenvalue weighted by molar-refractivity contribution is 5.94. The Balaban J connectivity index is 1.56. The van der Waals surface area contributed by atoms with E-state index in [1.54, 1.807) is 24.3 Å². The van der Waals surface area contributed by atoms with Crippen molar-refractivity contribution in [3.8, 4) is 11.5 Å². The Morgan fingerprint density at radius 3 is 2.62 bits per heavy atom. The smallest absolute Gasteiger partial charge is 0.251 e. The van der Waals surface area contributed by atoms with Crippen LogP contribution in [0.25, 0.3) is 0 Å². The van der Waals surface area contributed by atoms with Crippen molar-refractivity contribution < 1.29 is 14.3 Å². The van der Waals surface area contributed by atoms with Crippen LogP contribution in [0.3, 0.4) is 0 Å². The van der Waals surface area contributed by atoms with Gasteiger partial charge in [-0.3, -0.25) is 4.79 Å². The second-order valence-electron chi connectivity index (χ2n) is 4.83. The van der Waals surface area contributed by atoms with E-state index in [0.29, 0.717) is 30.2 Å². The van der Waals surface area contributed by atoms with Crippen molar-refractivity contribution in [1.29, 1.82) is 0 Å². The Morgan fingerprint density at radius 2 is 1.86 bits per heavy atom. The maximum absolute atomic E-state index is 12.0. The average Bonchev–Trinajstić information content (AvgIpc) is 2.53. The van der Waals surface area contributed by atoms with Crippen molar-refractivity contribution in [1.82, 2.24) is 5.32 Å². The summed E-state index contributed by atoms with van der Waals surface area (Å²) in [6, 6.07) is 14.3. The lowest BCUT2D eigenvalue weighted by molar-refractivity contribution is 0.0789. The van der Waals surface area contributed by atoms with Crippen molar-refractivity contribution in [2.24, 2.45) is 0 Å². The molecule has 0 spiro atoms. The quantitative estimate of drug-likeness (QED) is 0.843. The molecule has 0 radical (unpaired) electrons. The highest BCUT2D eigenvalue weighted by Gasteiger charge is 2.21. The molecule has 5 heteroatoms. The summed E-state index contributed by atoms with van der Waals surface area (Å²) in [5, 5.41) is 2.83. The molecule has 3 rings (SSSR count). The highest BCUT2D eigenvalue weighted by atomic mass is 16.6. The minimum Gasteiger partial charge on any atom is -0.486 e.